The summed E-state index contributed by atoms with van der Waals surface area (Å²) < 4.78 is 0. The van der Waals surface area contributed by atoms with E-state index in [1.165, 1.54) is 0 Å². The first-order chi connectivity index (χ1) is 6.92. The van der Waals surface area contributed by atoms with Gasteiger partial charge in [0.2, 0.25) is 5.65 Å². The third-order valence-electron chi connectivity index (χ3n) is 1.96. The first-order valence-corrected chi connectivity index (χ1v) is 4.68. The van der Waals surface area contributed by atoms with E-state index in [2.05, 4.69) is 37.6 Å². The van der Waals surface area contributed by atoms with Gasteiger partial charge in [0.15, 0.2) is 5.82 Å². The molecule has 0 radical (unpaired) electrons. The van der Waals surface area contributed by atoms with E-state index in [0.717, 1.165) is 30.7 Å². The van der Waals surface area contributed by atoms with Gasteiger partial charge in [-0.1, -0.05) is 13.3 Å². The zero-order valence-electron chi connectivity index (χ0n) is 7.99. The number of imidazole rings is 1. The molecular weight excluding hydrogens is 180 g/mol. The van der Waals surface area contributed by atoms with Crippen LogP contribution < -0.4 is 5.32 Å². The molecule has 2 heterocycles. The van der Waals surface area contributed by atoms with E-state index < -0.39 is 0 Å². The molecule has 0 aliphatic rings. The average molecular weight is 192 g/mol. The van der Waals surface area contributed by atoms with Gasteiger partial charge in [-0.15, -0.1) is 10.2 Å². The van der Waals surface area contributed by atoms with Gasteiger partial charge in [-0.25, -0.2) is 4.98 Å². The van der Waals surface area contributed by atoms with Gasteiger partial charge in [0.25, 0.3) is 0 Å². The van der Waals surface area contributed by atoms with Crippen LogP contribution in [0, 0.1) is 0 Å². The Kier molecular flexibility index (Phi) is 2.53. The fourth-order valence-corrected chi connectivity index (χ4v) is 1.20. The van der Waals surface area contributed by atoms with E-state index >= 15 is 0 Å². The average Bonchev–Trinajstić information content (AvgIpc) is 2.67. The molecule has 6 heteroatoms. The Bertz CT molecular complexity index is 409. The second-order valence-corrected chi connectivity index (χ2v) is 3.02. The molecule has 0 unspecified atom stereocenters. The van der Waals surface area contributed by atoms with Crippen LogP contribution in [0.5, 0.6) is 0 Å². The normalized spacial score (nSPS) is 10.6. The highest BCUT2D eigenvalue weighted by Gasteiger charge is 2.05. The van der Waals surface area contributed by atoms with Crippen LogP contribution in [0.15, 0.2) is 6.33 Å². The molecule has 2 aromatic rings. The van der Waals surface area contributed by atoms with E-state index in [0.29, 0.717) is 5.65 Å². The number of H-pyrrole nitrogens is 1. The Labute approximate surface area is 81.1 Å². The van der Waals surface area contributed by atoms with Gasteiger partial charge >= 0.3 is 0 Å². The van der Waals surface area contributed by atoms with Crippen LogP contribution in [0.2, 0.25) is 0 Å². The zero-order chi connectivity index (χ0) is 9.80. The minimum absolute atomic E-state index is 0.596. The number of fused-ring (bicyclic) bond motifs is 1. The van der Waals surface area contributed by atoms with Crippen molar-refractivity contribution in [3.8, 4) is 0 Å². The molecule has 0 aliphatic heterocycles. The quantitative estimate of drug-likeness (QED) is 0.705. The maximum absolute atomic E-state index is 4.00. The van der Waals surface area contributed by atoms with Crippen molar-refractivity contribution in [1.82, 2.24) is 25.4 Å². The largest absolute Gasteiger partial charge is 0.367 e. The van der Waals surface area contributed by atoms with Crippen LogP contribution in [-0.2, 0) is 0 Å². The highest BCUT2D eigenvalue weighted by molar-refractivity contribution is 5.81. The molecule has 14 heavy (non-hydrogen) atoms. The Balaban J connectivity index is 2.19. The number of hydrogen-bond acceptors (Lipinski definition) is 5. The molecule has 6 nitrogen and oxygen atoms in total. The molecule has 0 atom stereocenters. The number of rotatable bonds is 4. The summed E-state index contributed by atoms with van der Waals surface area (Å²) in [6.45, 7) is 3.04. The second-order valence-electron chi connectivity index (χ2n) is 3.02. The molecule has 0 spiro atoms. The zero-order valence-corrected chi connectivity index (χ0v) is 7.99. The third-order valence-corrected chi connectivity index (χ3v) is 1.96. The van der Waals surface area contributed by atoms with Crippen LogP contribution in [0.4, 0.5) is 5.82 Å². The summed E-state index contributed by atoms with van der Waals surface area (Å²) in [6.07, 6.45) is 3.85. The van der Waals surface area contributed by atoms with Gasteiger partial charge in [-0.2, -0.15) is 0 Å². The highest BCUT2D eigenvalue weighted by Crippen LogP contribution is 2.12. The summed E-state index contributed by atoms with van der Waals surface area (Å²) in [6, 6.07) is 0. The number of hydrogen-bond donors (Lipinski definition) is 2. The Morgan fingerprint density at radius 3 is 3.21 bits per heavy atom. The minimum atomic E-state index is 0.596. The lowest BCUT2D eigenvalue weighted by Gasteiger charge is -2.02. The standard InChI is InChI=1S/C8H12N6/c1-2-3-4-9-7-6-8(11-5-10-6)13-14-12-7/h5H,2-4H2,1H3,(H2,9,10,11,12,13). The Hall–Kier alpha value is -1.72. The number of nitrogens with zero attached hydrogens (tertiary/aromatic N) is 4. The van der Waals surface area contributed by atoms with E-state index in [1.807, 2.05) is 0 Å². The van der Waals surface area contributed by atoms with Crippen molar-refractivity contribution in [3.63, 3.8) is 0 Å². The van der Waals surface area contributed by atoms with Gasteiger partial charge < -0.3 is 10.3 Å². The maximum Gasteiger partial charge on any atom is 0.205 e. The highest BCUT2D eigenvalue weighted by atomic mass is 15.3. The molecule has 0 aromatic carbocycles. The molecule has 0 aliphatic carbocycles. The molecule has 2 rings (SSSR count). The number of aromatic amines is 1. The van der Waals surface area contributed by atoms with Crippen molar-refractivity contribution < 1.29 is 0 Å². The molecule has 2 N–H and O–H groups in total. The Morgan fingerprint density at radius 1 is 1.43 bits per heavy atom. The monoisotopic (exact) mass is 192 g/mol. The molecule has 0 saturated carbocycles. The molecular formula is C8H12N6. The summed E-state index contributed by atoms with van der Waals surface area (Å²) >= 11 is 0. The van der Waals surface area contributed by atoms with Crippen molar-refractivity contribution in [3.05, 3.63) is 6.33 Å². The molecule has 0 amide bonds. The van der Waals surface area contributed by atoms with Crippen molar-refractivity contribution in [2.24, 2.45) is 0 Å². The van der Waals surface area contributed by atoms with Gasteiger partial charge in [-0.05, 0) is 11.6 Å². The summed E-state index contributed by atoms with van der Waals surface area (Å²) in [7, 11) is 0. The van der Waals surface area contributed by atoms with Gasteiger partial charge in [0.1, 0.15) is 5.52 Å². The van der Waals surface area contributed by atoms with Crippen LogP contribution in [-0.4, -0.2) is 31.9 Å². The van der Waals surface area contributed by atoms with Crippen molar-refractivity contribution in [2.75, 3.05) is 11.9 Å². The first kappa shape index (κ1) is 8.86. The lowest BCUT2D eigenvalue weighted by Crippen LogP contribution is -2.05. The first-order valence-electron chi connectivity index (χ1n) is 4.68. The third kappa shape index (κ3) is 1.63. The summed E-state index contributed by atoms with van der Waals surface area (Å²) in [5.74, 6) is 0.723. The van der Waals surface area contributed by atoms with E-state index in [4.69, 9.17) is 0 Å². The smallest absolute Gasteiger partial charge is 0.205 e. The second kappa shape index (κ2) is 3.99. The predicted molar refractivity (Wildman–Crippen MR) is 52.9 cm³/mol. The summed E-state index contributed by atoms with van der Waals surface area (Å²) in [5, 5.41) is 14.5. The fourth-order valence-electron chi connectivity index (χ4n) is 1.20. The van der Waals surface area contributed by atoms with Gasteiger partial charge in [0.05, 0.1) is 6.33 Å². The van der Waals surface area contributed by atoms with Gasteiger partial charge in [0, 0.05) is 6.54 Å². The SMILES string of the molecule is CCCCNc1nnnc2nc[nH]c12. The topological polar surface area (TPSA) is 79.4 Å². The fraction of sp³-hybridized carbons (Fsp3) is 0.500. The lowest BCUT2D eigenvalue weighted by atomic mass is 10.3. The summed E-state index contributed by atoms with van der Waals surface area (Å²) in [4.78, 5) is 6.97. The van der Waals surface area contributed by atoms with Crippen LogP contribution >= 0.6 is 0 Å². The van der Waals surface area contributed by atoms with E-state index in [1.54, 1.807) is 6.33 Å². The van der Waals surface area contributed by atoms with Crippen molar-refractivity contribution in [1.29, 1.82) is 0 Å². The van der Waals surface area contributed by atoms with E-state index in [-0.39, 0.29) is 0 Å². The molecule has 0 saturated heterocycles. The van der Waals surface area contributed by atoms with E-state index in [9.17, 15) is 0 Å². The lowest BCUT2D eigenvalue weighted by molar-refractivity contribution is 0.819. The van der Waals surface area contributed by atoms with Crippen LogP contribution in [0.3, 0.4) is 0 Å². The number of nitrogens with one attached hydrogen (secondary N) is 2. The Morgan fingerprint density at radius 2 is 2.36 bits per heavy atom. The number of unbranched alkanes of at least 4 members (excludes halogenated alkanes) is 1. The summed E-state index contributed by atoms with van der Waals surface area (Å²) in [5.41, 5.74) is 1.41. The predicted octanol–water partition coefficient (Wildman–Crippen LogP) is 0.960. The van der Waals surface area contributed by atoms with Crippen LogP contribution in [0.25, 0.3) is 11.2 Å². The molecule has 74 valence electrons. The molecule has 2 aromatic heterocycles. The van der Waals surface area contributed by atoms with Crippen molar-refractivity contribution >= 4 is 17.0 Å². The molecule has 0 bridgehead atoms. The number of aromatic nitrogens is 5. The van der Waals surface area contributed by atoms with Crippen molar-refractivity contribution in [2.45, 2.75) is 19.8 Å². The number of anilines is 1. The minimum Gasteiger partial charge on any atom is -0.367 e. The van der Waals surface area contributed by atoms with Gasteiger partial charge in [-0.3, -0.25) is 0 Å². The maximum atomic E-state index is 4.00. The molecule has 0 fully saturated rings. The van der Waals surface area contributed by atoms with Crippen LogP contribution in [0.1, 0.15) is 19.8 Å².